The van der Waals surface area contributed by atoms with Gasteiger partial charge in [0.05, 0.1) is 10.6 Å². The molecular formula is C10H14N2O3S. The molecule has 0 saturated carbocycles. The highest BCUT2D eigenvalue weighted by Gasteiger charge is 2.10. The average Bonchev–Trinajstić information content (AvgIpc) is 2.54. The van der Waals surface area contributed by atoms with Crippen LogP contribution in [0.1, 0.15) is 35.1 Å². The Labute approximate surface area is 97.5 Å². The first-order valence-electron chi connectivity index (χ1n) is 4.94. The Hall–Kier alpha value is -1.43. The van der Waals surface area contributed by atoms with Gasteiger partial charge in [0.1, 0.15) is 0 Å². The van der Waals surface area contributed by atoms with E-state index in [1.165, 1.54) is 18.3 Å². The van der Waals surface area contributed by atoms with Crippen molar-refractivity contribution in [1.29, 1.82) is 0 Å². The van der Waals surface area contributed by atoms with Crippen LogP contribution < -0.4 is 5.32 Å². The Morgan fingerprint density at radius 2 is 2.19 bits per heavy atom. The van der Waals surface area contributed by atoms with Crippen molar-refractivity contribution in [3.63, 3.8) is 0 Å². The summed E-state index contributed by atoms with van der Waals surface area (Å²) >= 11 is 1.31. The third kappa shape index (κ3) is 3.62. The molecule has 16 heavy (non-hydrogen) atoms. The van der Waals surface area contributed by atoms with Crippen LogP contribution in [-0.2, 0) is 4.79 Å². The van der Waals surface area contributed by atoms with Gasteiger partial charge in [-0.2, -0.15) is 0 Å². The summed E-state index contributed by atoms with van der Waals surface area (Å²) in [5.74, 6) is -0.796. The largest absolute Gasteiger partial charge is 0.481 e. The second kappa shape index (κ2) is 5.60. The van der Waals surface area contributed by atoms with Gasteiger partial charge in [-0.3, -0.25) is 9.59 Å². The summed E-state index contributed by atoms with van der Waals surface area (Å²) < 4.78 is 0. The zero-order valence-electron chi connectivity index (χ0n) is 9.24. The van der Waals surface area contributed by atoms with E-state index in [4.69, 9.17) is 5.11 Å². The third-order valence-corrected chi connectivity index (χ3v) is 3.18. The molecule has 0 aromatic carbocycles. The van der Waals surface area contributed by atoms with Gasteiger partial charge in [0.15, 0.2) is 10.9 Å². The van der Waals surface area contributed by atoms with E-state index in [0.29, 0.717) is 23.0 Å². The van der Waals surface area contributed by atoms with E-state index in [2.05, 4.69) is 10.3 Å². The van der Waals surface area contributed by atoms with Gasteiger partial charge >= 0.3 is 5.97 Å². The number of thiazole rings is 1. The Bertz CT molecular complexity index is 401. The molecule has 1 aromatic rings. The van der Waals surface area contributed by atoms with E-state index in [-0.39, 0.29) is 12.2 Å². The molecule has 0 fully saturated rings. The fourth-order valence-corrected chi connectivity index (χ4v) is 2.12. The summed E-state index contributed by atoms with van der Waals surface area (Å²) in [6.07, 6.45) is 0.681. The van der Waals surface area contributed by atoms with Crippen LogP contribution in [-0.4, -0.2) is 28.4 Å². The maximum absolute atomic E-state index is 11.2. The number of anilines is 1. The molecular weight excluding hydrogens is 228 g/mol. The highest BCUT2D eigenvalue weighted by Crippen LogP contribution is 2.22. The van der Waals surface area contributed by atoms with Crippen molar-refractivity contribution in [2.45, 2.75) is 26.7 Å². The standard InChI is InChI=1S/C10H14N2O3S/c1-6-9(7(2)13)16-10(12-6)11-5-3-4-8(14)15/h3-5H2,1-2H3,(H,11,12)(H,14,15). The lowest BCUT2D eigenvalue weighted by Gasteiger charge is -1.99. The number of aliphatic carboxylic acids is 1. The summed E-state index contributed by atoms with van der Waals surface area (Å²) in [6, 6.07) is 0. The number of carboxylic acids is 1. The Morgan fingerprint density at radius 3 is 2.69 bits per heavy atom. The Kier molecular flexibility index (Phi) is 4.42. The molecule has 0 aliphatic heterocycles. The fourth-order valence-electron chi connectivity index (χ4n) is 1.23. The van der Waals surface area contributed by atoms with Gasteiger partial charge in [-0.15, -0.1) is 0 Å². The molecule has 6 heteroatoms. The summed E-state index contributed by atoms with van der Waals surface area (Å²) in [6.45, 7) is 3.85. The molecule has 0 aliphatic rings. The van der Waals surface area contributed by atoms with Crippen LogP contribution >= 0.6 is 11.3 Å². The van der Waals surface area contributed by atoms with Gasteiger partial charge in [0.2, 0.25) is 0 Å². The number of nitrogens with zero attached hydrogens (tertiary/aromatic N) is 1. The van der Waals surface area contributed by atoms with Gasteiger partial charge in [0.25, 0.3) is 0 Å². The SMILES string of the molecule is CC(=O)c1sc(NCCCC(=O)O)nc1C. The number of carboxylic acid groups (broad SMARTS) is 1. The van der Waals surface area contributed by atoms with Gasteiger partial charge in [-0.1, -0.05) is 11.3 Å². The minimum Gasteiger partial charge on any atom is -0.481 e. The van der Waals surface area contributed by atoms with E-state index >= 15 is 0 Å². The maximum atomic E-state index is 11.2. The van der Waals surface area contributed by atoms with E-state index in [0.717, 1.165) is 5.69 Å². The van der Waals surface area contributed by atoms with Crippen molar-refractivity contribution in [3.8, 4) is 0 Å². The fraction of sp³-hybridized carbons (Fsp3) is 0.500. The Balaban J connectivity index is 2.46. The van der Waals surface area contributed by atoms with Crippen LogP contribution in [0.4, 0.5) is 5.13 Å². The van der Waals surface area contributed by atoms with Gasteiger partial charge < -0.3 is 10.4 Å². The first-order chi connectivity index (χ1) is 7.50. The monoisotopic (exact) mass is 242 g/mol. The normalized spacial score (nSPS) is 10.1. The number of rotatable bonds is 6. The quantitative estimate of drug-likeness (QED) is 0.588. The molecule has 0 radical (unpaired) electrons. The molecule has 0 bridgehead atoms. The number of ketones is 1. The highest BCUT2D eigenvalue weighted by atomic mass is 32.1. The van der Waals surface area contributed by atoms with Crippen LogP contribution in [0.2, 0.25) is 0 Å². The first-order valence-corrected chi connectivity index (χ1v) is 5.76. The van der Waals surface area contributed by atoms with Gasteiger partial charge in [0, 0.05) is 19.9 Å². The van der Waals surface area contributed by atoms with Crippen molar-refractivity contribution < 1.29 is 14.7 Å². The molecule has 1 heterocycles. The van der Waals surface area contributed by atoms with Crippen LogP contribution in [0.15, 0.2) is 0 Å². The zero-order chi connectivity index (χ0) is 12.1. The second-order valence-electron chi connectivity index (χ2n) is 3.41. The molecule has 0 unspecified atom stereocenters. The highest BCUT2D eigenvalue weighted by molar-refractivity contribution is 7.17. The van der Waals surface area contributed by atoms with E-state index < -0.39 is 5.97 Å². The predicted molar refractivity (Wildman–Crippen MR) is 62.2 cm³/mol. The van der Waals surface area contributed by atoms with Gasteiger partial charge in [-0.05, 0) is 13.3 Å². The molecule has 0 saturated heterocycles. The number of hydrogen-bond acceptors (Lipinski definition) is 5. The number of hydrogen-bond donors (Lipinski definition) is 2. The molecule has 88 valence electrons. The number of aryl methyl sites for hydroxylation is 1. The summed E-state index contributed by atoms with van der Waals surface area (Å²) in [7, 11) is 0. The molecule has 0 amide bonds. The number of nitrogens with one attached hydrogen (secondary N) is 1. The minimum absolute atomic E-state index is 0.00795. The molecule has 0 spiro atoms. The van der Waals surface area contributed by atoms with E-state index in [1.54, 1.807) is 6.92 Å². The van der Waals surface area contributed by atoms with E-state index in [9.17, 15) is 9.59 Å². The van der Waals surface area contributed by atoms with Gasteiger partial charge in [-0.25, -0.2) is 4.98 Å². The summed E-state index contributed by atoms with van der Waals surface area (Å²) in [4.78, 5) is 26.3. The minimum atomic E-state index is -0.804. The lowest BCUT2D eigenvalue weighted by molar-refractivity contribution is -0.137. The second-order valence-corrected chi connectivity index (χ2v) is 4.41. The summed E-state index contributed by atoms with van der Waals surface area (Å²) in [5, 5.41) is 12.1. The van der Waals surface area contributed by atoms with Crippen molar-refractivity contribution in [3.05, 3.63) is 10.6 Å². The van der Waals surface area contributed by atoms with Crippen molar-refractivity contribution >= 4 is 28.2 Å². The van der Waals surface area contributed by atoms with Crippen molar-refractivity contribution in [1.82, 2.24) is 4.98 Å². The average molecular weight is 242 g/mol. The third-order valence-electron chi connectivity index (χ3n) is 1.96. The lowest BCUT2D eigenvalue weighted by atomic mass is 10.3. The lowest BCUT2D eigenvalue weighted by Crippen LogP contribution is -2.04. The number of Topliss-reactive ketones (excluding diaryl/α,β-unsaturated/α-hetero) is 1. The summed E-state index contributed by atoms with van der Waals surface area (Å²) in [5.41, 5.74) is 0.721. The number of aromatic nitrogens is 1. The molecule has 1 rings (SSSR count). The topological polar surface area (TPSA) is 79.3 Å². The molecule has 2 N–H and O–H groups in total. The Morgan fingerprint density at radius 1 is 1.50 bits per heavy atom. The molecule has 1 aromatic heterocycles. The van der Waals surface area contributed by atoms with Crippen molar-refractivity contribution in [2.75, 3.05) is 11.9 Å². The maximum Gasteiger partial charge on any atom is 0.303 e. The molecule has 5 nitrogen and oxygen atoms in total. The predicted octanol–water partition coefficient (Wildman–Crippen LogP) is 1.93. The number of carbonyl (C=O) groups is 2. The van der Waals surface area contributed by atoms with Crippen LogP contribution in [0.5, 0.6) is 0 Å². The van der Waals surface area contributed by atoms with Crippen molar-refractivity contribution in [2.24, 2.45) is 0 Å². The molecule has 0 aliphatic carbocycles. The number of carbonyl (C=O) groups excluding carboxylic acids is 1. The van der Waals surface area contributed by atoms with Crippen LogP contribution in [0.25, 0.3) is 0 Å². The smallest absolute Gasteiger partial charge is 0.303 e. The zero-order valence-corrected chi connectivity index (χ0v) is 10.1. The molecule has 0 atom stereocenters. The van der Waals surface area contributed by atoms with E-state index in [1.807, 2.05) is 0 Å². The first kappa shape index (κ1) is 12.6. The van der Waals surface area contributed by atoms with Crippen LogP contribution in [0.3, 0.4) is 0 Å². The van der Waals surface area contributed by atoms with Crippen LogP contribution in [0, 0.1) is 6.92 Å².